The van der Waals surface area contributed by atoms with Gasteiger partial charge in [-0.2, -0.15) is 0 Å². The molecule has 1 aromatic heterocycles. The molecule has 0 radical (unpaired) electrons. The van der Waals surface area contributed by atoms with Crippen LogP contribution in [0.1, 0.15) is 20.3 Å². The zero-order valence-electron chi connectivity index (χ0n) is 9.77. The van der Waals surface area contributed by atoms with Gasteiger partial charge in [0.15, 0.2) is 0 Å². The Balaban J connectivity index is 2.93. The van der Waals surface area contributed by atoms with Crippen LogP contribution >= 0.6 is 15.9 Å². The van der Waals surface area contributed by atoms with Gasteiger partial charge in [-0.25, -0.2) is 18.1 Å². The quantitative estimate of drug-likeness (QED) is 0.865. The van der Waals surface area contributed by atoms with Crippen molar-refractivity contribution in [2.75, 3.05) is 12.3 Å². The Morgan fingerprint density at radius 2 is 2.24 bits per heavy atom. The van der Waals surface area contributed by atoms with Crippen molar-refractivity contribution >= 4 is 31.8 Å². The molecule has 1 heterocycles. The first-order valence-electron chi connectivity index (χ1n) is 5.27. The highest BCUT2D eigenvalue weighted by molar-refractivity contribution is 9.10. The summed E-state index contributed by atoms with van der Waals surface area (Å²) in [6.07, 6.45) is 2.37. The second-order valence-electron chi connectivity index (χ2n) is 3.90. The number of hydrogen-bond donors (Lipinski definition) is 2. The Kier molecular flexibility index (Phi) is 4.91. The van der Waals surface area contributed by atoms with Gasteiger partial charge in [-0.05, 0) is 27.9 Å². The second kappa shape index (κ2) is 5.79. The van der Waals surface area contributed by atoms with Gasteiger partial charge in [0.05, 0.1) is 0 Å². The Labute approximate surface area is 110 Å². The van der Waals surface area contributed by atoms with Crippen LogP contribution in [0.5, 0.6) is 0 Å². The Bertz CT molecular complexity index is 490. The average Bonchev–Trinajstić information content (AvgIpc) is 2.29. The van der Waals surface area contributed by atoms with Crippen molar-refractivity contribution in [1.29, 1.82) is 0 Å². The van der Waals surface area contributed by atoms with Gasteiger partial charge in [-0.1, -0.05) is 20.3 Å². The minimum Gasteiger partial charge on any atom is -0.383 e. The zero-order valence-corrected chi connectivity index (χ0v) is 12.2. The van der Waals surface area contributed by atoms with Crippen LogP contribution in [0, 0.1) is 5.92 Å². The van der Waals surface area contributed by atoms with Gasteiger partial charge in [-0.15, -0.1) is 0 Å². The molecule has 0 spiro atoms. The predicted molar refractivity (Wildman–Crippen MR) is 71.0 cm³/mol. The van der Waals surface area contributed by atoms with Crippen molar-refractivity contribution in [2.24, 2.45) is 5.92 Å². The molecule has 5 nitrogen and oxygen atoms in total. The molecule has 7 heteroatoms. The van der Waals surface area contributed by atoms with Crippen molar-refractivity contribution < 1.29 is 8.42 Å². The standard InChI is InChI=1S/C10H16BrN3O2S/c1-3-7(2)5-14-17(15,16)9-4-8(11)6-13-10(9)12/h4,6-7,14H,3,5H2,1-2H3,(H2,12,13). The van der Waals surface area contributed by atoms with E-state index >= 15 is 0 Å². The largest absolute Gasteiger partial charge is 0.383 e. The van der Waals surface area contributed by atoms with Crippen molar-refractivity contribution in [1.82, 2.24) is 9.71 Å². The van der Waals surface area contributed by atoms with Crippen LogP contribution in [-0.2, 0) is 10.0 Å². The number of rotatable bonds is 5. The van der Waals surface area contributed by atoms with Gasteiger partial charge in [0.25, 0.3) is 0 Å². The first kappa shape index (κ1) is 14.4. The Morgan fingerprint density at radius 1 is 1.59 bits per heavy atom. The molecular weight excluding hydrogens is 306 g/mol. The number of nitrogens with one attached hydrogen (secondary N) is 1. The van der Waals surface area contributed by atoms with Crippen LogP contribution in [-0.4, -0.2) is 19.9 Å². The molecule has 0 aliphatic rings. The van der Waals surface area contributed by atoms with Gasteiger partial charge in [0, 0.05) is 17.2 Å². The molecule has 1 unspecified atom stereocenters. The second-order valence-corrected chi connectivity index (χ2v) is 6.55. The van der Waals surface area contributed by atoms with Gasteiger partial charge >= 0.3 is 0 Å². The number of halogens is 1. The minimum absolute atomic E-state index is 0.00449. The molecule has 1 atom stereocenters. The molecule has 0 saturated heterocycles. The molecule has 0 aromatic carbocycles. The summed E-state index contributed by atoms with van der Waals surface area (Å²) in [6.45, 7) is 4.38. The highest BCUT2D eigenvalue weighted by Gasteiger charge is 2.19. The number of aromatic nitrogens is 1. The summed E-state index contributed by atoms with van der Waals surface area (Å²) in [5, 5.41) is 0. The molecule has 96 valence electrons. The highest BCUT2D eigenvalue weighted by Crippen LogP contribution is 2.20. The van der Waals surface area contributed by atoms with Crippen molar-refractivity contribution in [3.05, 3.63) is 16.7 Å². The van der Waals surface area contributed by atoms with E-state index in [0.29, 0.717) is 11.0 Å². The maximum Gasteiger partial charge on any atom is 0.244 e. The Hall–Kier alpha value is -0.660. The summed E-state index contributed by atoms with van der Waals surface area (Å²) in [7, 11) is -3.59. The summed E-state index contributed by atoms with van der Waals surface area (Å²) in [6, 6.07) is 1.45. The summed E-state index contributed by atoms with van der Waals surface area (Å²) in [5.41, 5.74) is 5.56. The molecule has 0 saturated carbocycles. The maximum atomic E-state index is 12.0. The van der Waals surface area contributed by atoms with Crippen LogP contribution < -0.4 is 10.5 Å². The molecule has 0 aliphatic heterocycles. The fourth-order valence-corrected chi connectivity index (χ4v) is 2.87. The lowest BCUT2D eigenvalue weighted by Gasteiger charge is -2.12. The number of nitrogens with two attached hydrogens (primary N) is 1. The zero-order chi connectivity index (χ0) is 13.1. The molecule has 0 fully saturated rings. The topological polar surface area (TPSA) is 85.1 Å². The normalized spacial score (nSPS) is 13.6. The van der Waals surface area contributed by atoms with E-state index in [1.54, 1.807) is 0 Å². The molecule has 17 heavy (non-hydrogen) atoms. The number of hydrogen-bond acceptors (Lipinski definition) is 4. The molecule has 3 N–H and O–H groups in total. The first-order chi connectivity index (χ1) is 7.86. The number of nitrogen functional groups attached to an aromatic ring is 1. The number of sulfonamides is 1. The SMILES string of the molecule is CCC(C)CNS(=O)(=O)c1cc(Br)cnc1N. The van der Waals surface area contributed by atoms with Gasteiger partial charge in [-0.3, -0.25) is 0 Å². The van der Waals surface area contributed by atoms with E-state index < -0.39 is 10.0 Å². The smallest absolute Gasteiger partial charge is 0.244 e. The maximum absolute atomic E-state index is 12.0. The van der Waals surface area contributed by atoms with E-state index in [0.717, 1.165) is 6.42 Å². The third-order valence-electron chi connectivity index (χ3n) is 2.46. The molecule has 0 aliphatic carbocycles. The first-order valence-corrected chi connectivity index (χ1v) is 7.55. The van der Waals surface area contributed by atoms with E-state index in [4.69, 9.17) is 5.73 Å². The third kappa shape index (κ3) is 3.93. The Morgan fingerprint density at radius 3 is 2.82 bits per heavy atom. The summed E-state index contributed by atoms with van der Waals surface area (Å²) >= 11 is 3.17. The number of anilines is 1. The van der Waals surface area contributed by atoms with E-state index in [1.807, 2.05) is 13.8 Å². The number of pyridine rings is 1. The van der Waals surface area contributed by atoms with E-state index in [1.165, 1.54) is 12.3 Å². The lowest BCUT2D eigenvalue weighted by molar-refractivity contribution is 0.528. The van der Waals surface area contributed by atoms with Gasteiger partial charge in [0.1, 0.15) is 10.7 Å². The van der Waals surface area contributed by atoms with Crippen molar-refractivity contribution in [2.45, 2.75) is 25.2 Å². The summed E-state index contributed by atoms with van der Waals surface area (Å²) in [4.78, 5) is 3.81. The lowest BCUT2D eigenvalue weighted by atomic mass is 10.1. The lowest BCUT2D eigenvalue weighted by Crippen LogP contribution is -2.29. The fraction of sp³-hybridized carbons (Fsp3) is 0.500. The number of nitrogens with zero attached hydrogens (tertiary/aromatic N) is 1. The predicted octanol–water partition coefficient (Wildman–Crippen LogP) is 1.75. The van der Waals surface area contributed by atoms with Crippen LogP contribution in [0.2, 0.25) is 0 Å². The highest BCUT2D eigenvalue weighted by atomic mass is 79.9. The van der Waals surface area contributed by atoms with Crippen LogP contribution in [0.25, 0.3) is 0 Å². The fourth-order valence-electron chi connectivity index (χ4n) is 1.12. The molecule has 1 rings (SSSR count). The molecule has 0 bridgehead atoms. The van der Waals surface area contributed by atoms with E-state index in [2.05, 4.69) is 25.6 Å². The van der Waals surface area contributed by atoms with Gasteiger partial charge in [0.2, 0.25) is 10.0 Å². The van der Waals surface area contributed by atoms with Crippen LogP contribution in [0.4, 0.5) is 5.82 Å². The van der Waals surface area contributed by atoms with E-state index in [9.17, 15) is 8.42 Å². The van der Waals surface area contributed by atoms with Gasteiger partial charge < -0.3 is 5.73 Å². The third-order valence-corrected chi connectivity index (χ3v) is 4.34. The van der Waals surface area contributed by atoms with Crippen LogP contribution in [0.15, 0.2) is 21.6 Å². The monoisotopic (exact) mass is 321 g/mol. The molecule has 1 aromatic rings. The minimum atomic E-state index is -3.59. The summed E-state index contributed by atoms with van der Waals surface area (Å²) in [5.74, 6) is 0.288. The molecule has 0 amide bonds. The molecular formula is C10H16BrN3O2S. The van der Waals surface area contributed by atoms with Crippen LogP contribution in [0.3, 0.4) is 0 Å². The van der Waals surface area contributed by atoms with Crippen molar-refractivity contribution in [3.8, 4) is 0 Å². The van der Waals surface area contributed by atoms with Crippen molar-refractivity contribution in [3.63, 3.8) is 0 Å². The average molecular weight is 322 g/mol. The summed E-state index contributed by atoms with van der Waals surface area (Å²) < 4.78 is 27.1. The van der Waals surface area contributed by atoms with E-state index in [-0.39, 0.29) is 16.6 Å².